The molecule has 0 bridgehead atoms. The fraction of sp³-hybridized carbons (Fsp3) is 1.00. The van der Waals surface area contributed by atoms with Gasteiger partial charge in [-0.25, -0.2) is 0 Å². The molecule has 208 valence electrons. The Kier molecular flexibility index (Phi) is 25.8. The van der Waals surface area contributed by atoms with Crippen LogP contribution in [0.25, 0.3) is 0 Å². The molecule has 4 atom stereocenters. The van der Waals surface area contributed by atoms with E-state index < -0.39 is 30.6 Å². The molecule has 0 fully saturated rings. The highest BCUT2D eigenvalue weighted by Crippen LogP contribution is 2.74. The molecule has 0 aliphatic carbocycles. The zero-order valence-electron chi connectivity index (χ0n) is 23.1. The minimum atomic E-state index is -2.83. The zero-order valence-corrected chi connectivity index (χ0v) is 24.7. The van der Waals surface area contributed by atoms with Crippen LogP contribution >= 0.6 is 7.26 Å². The molecule has 4 nitrogen and oxygen atoms in total. The van der Waals surface area contributed by atoms with Gasteiger partial charge in [-0.3, -0.25) is 0 Å². The lowest BCUT2D eigenvalue weighted by atomic mass is 10.1. The molecule has 0 aromatic rings. The van der Waals surface area contributed by atoms with Gasteiger partial charge in [0.05, 0.1) is 0 Å². The van der Waals surface area contributed by atoms with Gasteiger partial charge in [-0.1, -0.05) is 105 Å². The van der Waals surface area contributed by atoms with Crippen LogP contribution in [-0.4, -0.2) is 43.8 Å². The first-order valence-corrected chi connectivity index (χ1v) is 16.6. The molecular formula is C28H60ClO4P. The SMILES string of the molecule is CCCCCCC(O)[P+](C(O)CCCCCC)(C(O)CCCCCC)C(O)CCCCCC.[Cl-]. The Morgan fingerprint density at radius 2 is 0.588 bits per heavy atom. The summed E-state index contributed by atoms with van der Waals surface area (Å²) >= 11 is 0. The van der Waals surface area contributed by atoms with Crippen molar-refractivity contribution in [2.75, 3.05) is 0 Å². The van der Waals surface area contributed by atoms with Crippen LogP contribution in [0.3, 0.4) is 0 Å². The molecule has 4 N–H and O–H groups in total. The highest BCUT2D eigenvalue weighted by molar-refractivity contribution is 7.77. The van der Waals surface area contributed by atoms with Crippen LogP contribution in [0.2, 0.25) is 0 Å². The van der Waals surface area contributed by atoms with Crippen LogP contribution in [0.4, 0.5) is 0 Å². The van der Waals surface area contributed by atoms with E-state index in [-0.39, 0.29) is 12.4 Å². The van der Waals surface area contributed by atoms with Gasteiger partial charge in [-0.05, 0) is 25.7 Å². The number of rotatable bonds is 24. The van der Waals surface area contributed by atoms with Gasteiger partial charge in [0, 0.05) is 25.7 Å². The van der Waals surface area contributed by atoms with Crippen molar-refractivity contribution in [3.8, 4) is 0 Å². The molecule has 6 heteroatoms. The molecule has 0 saturated heterocycles. The summed E-state index contributed by atoms with van der Waals surface area (Å²) in [5.41, 5.74) is 0. The first kappa shape index (κ1) is 36.7. The summed E-state index contributed by atoms with van der Waals surface area (Å²) < 4.78 is 0. The van der Waals surface area contributed by atoms with E-state index in [1.54, 1.807) is 0 Å². The predicted octanol–water partition coefficient (Wildman–Crippen LogP) is 5.16. The van der Waals surface area contributed by atoms with E-state index in [9.17, 15) is 20.4 Å². The van der Waals surface area contributed by atoms with Crippen LogP contribution in [0.1, 0.15) is 156 Å². The first-order chi connectivity index (χ1) is 15.9. The number of hydrogen-bond donors (Lipinski definition) is 4. The van der Waals surface area contributed by atoms with Crippen molar-refractivity contribution < 1.29 is 32.8 Å². The minimum absolute atomic E-state index is 0. The fourth-order valence-corrected chi connectivity index (χ4v) is 10.0. The average molecular weight is 527 g/mol. The van der Waals surface area contributed by atoms with Gasteiger partial charge < -0.3 is 32.8 Å². The summed E-state index contributed by atoms with van der Waals surface area (Å²) in [6.45, 7) is 8.70. The Morgan fingerprint density at radius 3 is 0.765 bits per heavy atom. The van der Waals surface area contributed by atoms with Crippen molar-refractivity contribution in [3.05, 3.63) is 0 Å². The van der Waals surface area contributed by atoms with Gasteiger partial charge in [-0.15, -0.1) is 0 Å². The summed E-state index contributed by atoms with van der Waals surface area (Å²) in [6, 6.07) is 0. The van der Waals surface area contributed by atoms with Crippen molar-refractivity contribution in [2.45, 2.75) is 179 Å². The van der Waals surface area contributed by atoms with E-state index in [1.165, 1.54) is 0 Å². The second kappa shape index (κ2) is 23.9. The Bertz CT molecular complexity index is 350. The molecular weight excluding hydrogens is 467 g/mol. The van der Waals surface area contributed by atoms with Crippen LogP contribution in [0.15, 0.2) is 0 Å². The molecule has 0 aromatic carbocycles. The molecule has 0 aliphatic rings. The van der Waals surface area contributed by atoms with Gasteiger partial charge >= 0.3 is 0 Å². The monoisotopic (exact) mass is 526 g/mol. The smallest absolute Gasteiger partial charge is 0.172 e. The summed E-state index contributed by atoms with van der Waals surface area (Å²) in [5.74, 6) is -3.12. The highest BCUT2D eigenvalue weighted by Gasteiger charge is 2.61. The second-order valence-corrected chi connectivity index (χ2v) is 14.4. The van der Waals surface area contributed by atoms with Gasteiger partial charge in [0.1, 0.15) is 7.26 Å². The maximum Gasteiger partial charge on any atom is 0.172 e. The first-order valence-electron chi connectivity index (χ1n) is 14.5. The number of hydrogen-bond acceptors (Lipinski definition) is 4. The standard InChI is InChI=1S/C28H60O4P.ClH/c1-5-9-13-17-21-25(29)33(26(30)22-18-14-10-6-2,27(31)23-19-15-11-7-3)28(32)24-20-16-12-8-4;/h25-32H,5-24H2,1-4H3;1H/q+1;/p-1. The summed E-state index contributed by atoms with van der Waals surface area (Å²) in [6.07, 6.45) is 19.2. The Hall–Kier alpha value is 0.560. The van der Waals surface area contributed by atoms with Crippen molar-refractivity contribution in [1.29, 1.82) is 0 Å². The van der Waals surface area contributed by atoms with Gasteiger partial charge in [-0.2, -0.15) is 0 Å². The van der Waals surface area contributed by atoms with E-state index in [2.05, 4.69) is 27.7 Å². The minimum Gasteiger partial charge on any atom is -1.00 e. The second-order valence-electron chi connectivity index (χ2n) is 10.2. The van der Waals surface area contributed by atoms with E-state index >= 15 is 0 Å². The maximum absolute atomic E-state index is 11.5. The molecule has 0 aromatic heterocycles. The number of aliphatic hydroxyl groups is 4. The molecule has 0 radical (unpaired) electrons. The Balaban J connectivity index is 0. The largest absolute Gasteiger partial charge is 1.00 e. The molecule has 0 heterocycles. The van der Waals surface area contributed by atoms with Crippen molar-refractivity contribution in [2.24, 2.45) is 0 Å². The van der Waals surface area contributed by atoms with Crippen molar-refractivity contribution in [1.82, 2.24) is 0 Å². The lowest BCUT2D eigenvalue weighted by Crippen LogP contribution is -3.00. The van der Waals surface area contributed by atoms with Crippen LogP contribution in [0, 0.1) is 0 Å². The summed E-state index contributed by atoms with van der Waals surface area (Å²) in [5, 5.41) is 46.2. The third-order valence-corrected chi connectivity index (χ3v) is 12.5. The van der Waals surface area contributed by atoms with E-state index in [1.807, 2.05) is 0 Å². The van der Waals surface area contributed by atoms with Gasteiger partial charge in [0.15, 0.2) is 23.4 Å². The van der Waals surface area contributed by atoms with E-state index in [0.717, 1.165) is 103 Å². The van der Waals surface area contributed by atoms with Crippen LogP contribution in [-0.2, 0) is 0 Å². The van der Waals surface area contributed by atoms with Crippen molar-refractivity contribution in [3.63, 3.8) is 0 Å². The lowest BCUT2D eigenvalue weighted by Gasteiger charge is -2.42. The number of halogens is 1. The van der Waals surface area contributed by atoms with Gasteiger partial charge in [0.2, 0.25) is 0 Å². The maximum atomic E-state index is 11.5. The molecule has 0 rings (SSSR count). The van der Waals surface area contributed by atoms with Crippen LogP contribution in [0.5, 0.6) is 0 Å². The van der Waals surface area contributed by atoms with E-state index in [0.29, 0.717) is 25.7 Å². The number of unbranched alkanes of at least 4 members (excludes halogenated alkanes) is 12. The average Bonchev–Trinajstić information content (AvgIpc) is 2.80. The van der Waals surface area contributed by atoms with Crippen LogP contribution < -0.4 is 12.4 Å². The predicted molar refractivity (Wildman–Crippen MR) is 146 cm³/mol. The quantitative estimate of drug-likeness (QED) is 0.103. The Labute approximate surface area is 219 Å². The summed E-state index contributed by atoms with van der Waals surface area (Å²) in [4.78, 5) is 0. The third kappa shape index (κ3) is 13.8. The highest BCUT2D eigenvalue weighted by atomic mass is 35.5. The molecule has 34 heavy (non-hydrogen) atoms. The molecule has 0 spiro atoms. The molecule has 0 aliphatic heterocycles. The summed E-state index contributed by atoms with van der Waals surface area (Å²) in [7, 11) is -2.83. The van der Waals surface area contributed by atoms with Crippen molar-refractivity contribution >= 4 is 7.26 Å². The molecule has 0 saturated carbocycles. The third-order valence-electron chi connectivity index (χ3n) is 7.33. The fourth-order valence-electron chi connectivity index (χ4n) is 5.10. The molecule has 4 unspecified atom stereocenters. The zero-order chi connectivity index (χ0) is 25.0. The topological polar surface area (TPSA) is 80.9 Å². The molecule has 0 amide bonds. The normalized spacial score (nSPS) is 16.9. The lowest BCUT2D eigenvalue weighted by molar-refractivity contribution is -0.0000150. The Morgan fingerprint density at radius 1 is 0.382 bits per heavy atom. The van der Waals surface area contributed by atoms with E-state index in [4.69, 9.17) is 0 Å². The number of aliphatic hydroxyl groups excluding tert-OH is 4. The van der Waals surface area contributed by atoms with Gasteiger partial charge in [0.25, 0.3) is 0 Å².